The number of aromatic amines is 1. The van der Waals surface area contributed by atoms with Crippen LogP contribution in [0, 0.1) is 0 Å². The molecule has 62 valence electrons. The number of Topliss-reactive ketones (excluding diaryl/α,β-unsaturated/α-hetero) is 1. The van der Waals surface area contributed by atoms with Crippen molar-refractivity contribution in [1.82, 2.24) is 9.97 Å². The number of rotatable bonds is 1. The number of hydrogen-bond acceptors (Lipinski definition) is 3. The third-order valence-corrected chi connectivity index (χ3v) is 0.975. The topological polar surface area (TPSA) is 71.8 Å². The SMILES string of the molecule is CC.CC(=O)c1cnc(N)[nH]1. The second-order valence-corrected chi connectivity index (χ2v) is 1.74. The van der Waals surface area contributed by atoms with Gasteiger partial charge in [-0.3, -0.25) is 4.79 Å². The Hall–Kier alpha value is -1.32. The summed E-state index contributed by atoms with van der Waals surface area (Å²) in [4.78, 5) is 16.8. The lowest BCUT2D eigenvalue weighted by atomic mass is 10.3. The van der Waals surface area contributed by atoms with Crippen molar-refractivity contribution in [3.8, 4) is 0 Å². The first-order valence-corrected chi connectivity index (χ1v) is 3.51. The molecule has 0 aliphatic heterocycles. The first-order valence-electron chi connectivity index (χ1n) is 3.51. The highest BCUT2D eigenvalue weighted by molar-refractivity contribution is 5.92. The summed E-state index contributed by atoms with van der Waals surface area (Å²) in [6.07, 6.45) is 1.41. The van der Waals surface area contributed by atoms with Crippen molar-refractivity contribution < 1.29 is 4.79 Å². The molecule has 0 radical (unpaired) electrons. The molecule has 0 fully saturated rings. The molecule has 11 heavy (non-hydrogen) atoms. The molecule has 0 aliphatic rings. The average molecular weight is 155 g/mol. The van der Waals surface area contributed by atoms with Crippen molar-refractivity contribution in [2.75, 3.05) is 5.73 Å². The average Bonchev–Trinajstić information content (AvgIpc) is 2.40. The molecule has 0 saturated carbocycles. The van der Waals surface area contributed by atoms with E-state index in [-0.39, 0.29) is 11.7 Å². The molecule has 0 unspecified atom stereocenters. The molecular weight excluding hydrogens is 142 g/mol. The molecule has 0 aliphatic carbocycles. The van der Waals surface area contributed by atoms with E-state index in [0.29, 0.717) is 5.69 Å². The predicted molar refractivity (Wildman–Crippen MR) is 44.4 cm³/mol. The maximum atomic E-state index is 10.5. The van der Waals surface area contributed by atoms with Gasteiger partial charge in [-0.2, -0.15) is 0 Å². The van der Waals surface area contributed by atoms with E-state index in [1.807, 2.05) is 13.8 Å². The van der Waals surface area contributed by atoms with Crippen LogP contribution in [0.4, 0.5) is 5.95 Å². The molecule has 1 aromatic rings. The van der Waals surface area contributed by atoms with Crippen LogP contribution < -0.4 is 5.73 Å². The van der Waals surface area contributed by atoms with Gasteiger partial charge in [0.05, 0.1) is 6.20 Å². The van der Waals surface area contributed by atoms with Crippen molar-refractivity contribution in [3.05, 3.63) is 11.9 Å². The van der Waals surface area contributed by atoms with Gasteiger partial charge in [-0.25, -0.2) is 4.98 Å². The summed E-state index contributed by atoms with van der Waals surface area (Å²) in [6.45, 7) is 5.45. The number of nitrogens with two attached hydrogens (primary N) is 1. The van der Waals surface area contributed by atoms with E-state index in [9.17, 15) is 4.79 Å². The van der Waals surface area contributed by atoms with Gasteiger partial charge < -0.3 is 10.7 Å². The third kappa shape index (κ3) is 2.84. The summed E-state index contributed by atoms with van der Waals surface area (Å²) >= 11 is 0. The summed E-state index contributed by atoms with van der Waals surface area (Å²) in [6, 6.07) is 0. The van der Waals surface area contributed by atoms with E-state index >= 15 is 0 Å². The predicted octanol–water partition coefficient (Wildman–Crippen LogP) is 1.22. The summed E-state index contributed by atoms with van der Waals surface area (Å²) in [5, 5.41) is 0. The van der Waals surface area contributed by atoms with Gasteiger partial charge in [0.2, 0.25) is 0 Å². The van der Waals surface area contributed by atoms with Gasteiger partial charge in [-0.05, 0) is 0 Å². The molecule has 0 bridgehead atoms. The van der Waals surface area contributed by atoms with Crippen LogP contribution in [0.25, 0.3) is 0 Å². The fraction of sp³-hybridized carbons (Fsp3) is 0.429. The van der Waals surface area contributed by atoms with Crippen LogP contribution in [0.2, 0.25) is 0 Å². The summed E-state index contributed by atoms with van der Waals surface area (Å²) in [7, 11) is 0. The van der Waals surface area contributed by atoms with Crippen molar-refractivity contribution in [1.29, 1.82) is 0 Å². The Kier molecular flexibility index (Phi) is 3.95. The number of ketones is 1. The summed E-state index contributed by atoms with van der Waals surface area (Å²) in [5.74, 6) is 0.222. The van der Waals surface area contributed by atoms with Crippen LogP contribution in [0.5, 0.6) is 0 Å². The van der Waals surface area contributed by atoms with Gasteiger partial charge in [0, 0.05) is 6.92 Å². The van der Waals surface area contributed by atoms with Crippen molar-refractivity contribution in [3.63, 3.8) is 0 Å². The lowest BCUT2D eigenvalue weighted by Crippen LogP contribution is -1.92. The maximum Gasteiger partial charge on any atom is 0.197 e. The monoisotopic (exact) mass is 155 g/mol. The van der Waals surface area contributed by atoms with Crippen LogP contribution in [0.3, 0.4) is 0 Å². The molecule has 0 aromatic carbocycles. The van der Waals surface area contributed by atoms with Crippen LogP contribution in [-0.4, -0.2) is 15.8 Å². The molecule has 3 N–H and O–H groups in total. The number of nitrogen functional groups attached to an aromatic ring is 1. The van der Waals surface area contributed by atoms with E-state index in [0.717, 1.165) is 0 Å². The molecule has 0 saturated heterocycles. The van der Waals surface area contributed by atoms with Crippen molar-refractivity contribution >= 4 is 11.7 Å². The number of carbonyl (C=O) groups excluding carboxylic acids is 1. The largest absolute Gasteiger partial charge is 0.369 e. The Labute approximate surface area is 65.8 Å². The Morgan fingerprint density at radius 3 is 2.36 bits per heavy atom. The Morgan fingerprint density at radius 2 is 2.18 bits per heavy atom. The molecule has 4 nitrogen and oxygen atoms in total. The second-order valence-electron chi connectivity index (χ2n) is 1.74. The molecule has 4 heteroatoms. The second kappa shape index (κ2) is 4.49. The lowest BCUT2D eigenvalue weighted by Gasteiger charge is -1.82. The number of H-pyrrole nitrogens is 1. The zero-order valence-electron chi connectivity index (χ0n) is 7.01. The number of aromatic nitrogens is 2. The minimum Gasteiger partial charge on any atom is -0.369 e. The Bertz CT molecular complexity index is 229. The van der Waals surface area contributed by atoms with Gasteiger partial charge >= 0.3 is 0 Å². The van der Waals surface area contributed by atoms with Crippen LogP contribution in [0.1, 0.15) is 31.3 Å². The van der Waals surface area contributed by atoms with E-state index in [2.05, 4.69) is 9.97 Å². The molecule has 1 rings (SSSR count). The van der Waals surface area contributed by atoms with Gasteiger partial charge in [0.1, 0.15) is 5.69 Å². The zero-order valence-corrected chi connectivity index (χ0v) is 7.01. The van der Waals surface area contributed by atoms with Crippen molar-refractivity contribution in [2.24, 2.45) is 0 Å². The number of imidazole rings is 1. The molecule has 1 aromatic heterocycles. The molecular formula is C7H13N3O. The van der Waals surface area contributed by atoms with Crippen LogP contribution >= 0.6 is 0 Å². The van der Waals surface area contributed by atoms with Crippen LogP contribution in [0.15, 0.2) is 6.20 Å². The quantitative estimate of drug-likeness (QED) is 0.599. The number of anilines is 1. The number of carbonyl (C=O) groups is 1. The van der Waals surface area contributed by atoms with Gasteiger partial charge in [-0.1, -0.05) is 13.8 Å². The first-order chi connectivity index (χ1) is 5.20. The standard InChI is InChI=1S/C5H7N3O.C2H6/c1-3(9)4-2-7-5(6)8-4;1-2/h2H,1H3,(H3,6,7,8);1-2H3. The minimum atomic E-state index is -0.0563. The number of nitrogens with zero attached hydrogens (tertiary/aromatic N) is 1. The number of nitrogens with one attached hydrogen (secondary N) is 1. The molecule has 0 amide bonds. The van der Waals surface area contributed by atoms with Crippen molar-refractivity contribution in [2.45, 2.75) is 20.8 Å². The van der Waals surface area contributed by atoms with Gasteiger partial charge in [0.25, 0.3) is 0 Å². The van der Waals surface area contributed by atoms with Gasteiger partial charge in [0.15, 0.2) is 11.7 Å². The highest BCUT2D eigenvalue weighted by atomic mass is 16.1. The minimum absolute atomic E-state index is 0.0563. The van der Waals surface area contributed by atoms with E-state index < -0.39 is 0 Å². The van der Waals surface area contributed by atoms with Gasteiger partial charge in [-0.15, -0.1) is 0 Å². The Morgan fingerprint density at radius 1 is 1.64 bits per heavy atom. The highest BCUT2D eigenvalue weighted by Crippen LogP contribution is 1.97. The lowest BCUT2D eigenvalue weighted by molar-refractivity contribution is 0.101. The smallest absolute Gasteiger partial charge is 0.197 e. The normalized spacial score (nSPS) is 8.27. The molecule has 0 atom stereocenters. The highest BCUT2D eigenvalue weighted by Gasteiger charge is 1.99. The molecule has 0 spiro atoms. The fourth-order valence-electron chi connectivity index (χ4n) is 0.516. The fourth-order valence-corrected chi connectivity index (χ4v) is 0.516. The summed E-state index contributed by atoms with van der Waals surface area (Å²) in [5.41, 5.74) is 5.65. The van der Waals surface area contributed by atoms with E-state index in [4.69, 9.17) is 5.73 Å². The van der Waals surface area contributed by atoms with Crippen LogP contribution in [-0.2, 0) is 0 Å². The Balaban J connectivity index is 0.000000461. The summed E-state index contributed by atoms with van der Waals surface area (Å²) < 4.78 is 0. The molecule has 1 heterocycles. The van der Waals surface area contributed by atoms with E-state index in [1.54, 1.807) is 0 Å². The van der Waals surface area contributed by atoms with E-state index in [1.165, 1.54) is 13.1 Å². The third-order valence-electron chi connectivity index (χ3n) is 0.975. The zero-order chi connectivity index (χ0) is 8.85. The number of hydrogen-bond donors (Lipinski definition) is 2. The maximum absolute atomic E-state index is 10.5. The first kappa shape index (κ1) is 9.68.